The predicted octanol–water partition coefficient (Wildman–Crippen LogP) is -1.51. The van der Waals surface area contributed by atoms with E-state index in [1.807, 2.05) is 0 Å². The van der Waals surface area contributed by atoms with Crippen LogP contribution in [0.1, 0.15) is 77.0 Å². The monoisotopic (exact) mass is 616 g/mol. The molecule has 0 amide bonds. The van der Waals surface area contributed by atoms with E-state index in [0.717, 1.165) is 12.8 Å². The fraction of sp³-hybridized carbons (Fsp3) is 1.00. The van der Waals surface area contributed by atoms with E-state index in [-0.39, 0.29) is 49.3 Å². The number of nitrogens with one attached hydrogen (secondary N) is 8. The summed E-state index contributed by atoms with van der Waals surface area (Å²) < 4.78 is 0. The van der Waals surface area contributed by atoms with Gasteiger partial charge < -0.3 is 20.4 Å². The molecule has 4 saturated carbocycles. The molecule has 20 unspecified atom stereocenters. The summed E-state index contributed by atoms with van der Waals surface area (Å²) in [4.78, 5) is 0. The van der Waals surface area contributed by atoms with Gasteiger partial charge in [0.2, 0.25) is 0 Å². The zero-order valence-electron chi connectivity index (χ0n) is 25.8. The molecule has 8 bridgehead atoms. The Balaban J connectivity index is 1.08. The number of aliphatic hydroxyl groups excluding tert-OH is 4. The SMILES string of the molecule is OC1C(O)C(O)C2C3NC4NC(NC5NC(NC6NC(NC(N3)C2C1O)C1CCCCC61)C1CCCCC51)C1CCCCC41. The molecule has 4 aliphatic carbocycles. The molecule has 5 heterocycles. The highest BCUT2D eigenvalue weighted by Gasteiger charge is 2.60. The summed E-state index contributed by atoms with van der Waals surface area (Å²) in [6.07, 6.45) is 10.2. The van der Waals surface area contributed by atoms with Crippen molar-refractivity contribution in [1.82, 2.24) is 42.5 Å². The standard InChI is InChI=1S/C32H56N8O4/c41-21-19-20(22(42)24(44)23(21)43)32-39-30-18-12-6-4-10-16(18)28(37-30)35-26-14-8-2-1-7-13(14)25(33-26)34-27-15-9-3-5-11-17(15)29(36-27)38-31(19)40-32/h13-44H,1-12H2. The molecule has 5 saturated heterocycles. The van der Waals surface area contributed by atoms with Gasteiger partial charge in [0.25, 0.3) is 0 Å². The van der Waals surface area contributed by atoms with Gasteiger partial charge in [0.15, 0.2) is 0 Å². The van der Waals surface area contributed by atoms with Gasteiger partial charge in [-0.05, 0) is 74.0 Å². The van der Waals surface area contributed by atoms with Crippen molar-refractivity contribution in [3.8, 4) is 0 Å². The van der Waals surface area contributed by atoms with Gasteiger partial charge in [0.1, 0.15) is 12.2 Å². The summed E-state index contributed by atoms with van der Waals surface area (Å²) >= 11 is 0. The number of aliphatic hydroxyl groups is 4. The number of hydrogen-bond acceptors (Lipinski definition) is 12. The Morgan fingerprint density at radius 2 is 0.477 bits per heavy atom. The lowest BCUT2D eigenvalue weighted by Crippen LogP contribution is -2.64. The first-order chi connectivity index (χ1) is 21.5. The summed E-state index contributed by atoms with van der Waals surface area (Å²) in [5, 5.41) is 76.2. The summed E-state index contributed by atoms with van der Waals surface area (Å²) in [7, 11) is 0. The minimum atomic E-state index is -1.38. The average molecular weight is 617 g/mol. The molecule has 9 rings (SSSR count). The molecule has 0 aromatic rings. The number of fused-ring (bicyclic) bond motifs is 20. The van der Waals surface area contributed by atoms with Crippen LogP contribution in [0.3, 0.4) is 0 Å². The molecule has 9 fully saturated rings. The molecule has 0 spiro atoms. The van der Waals surface area contributed by atoms with Crippen LogP contribution in [0.5, 0.6) is 0 Å². The van der Waals surface area contributed by atoms with Crippen LogP contribution in [-0.2, 0) is 0 Å². The molecule has 0 aromatic carbocycles. The molecule has 9 aliphatic rings. The zero-order valence-corrected chi connectivity index (χ0v) is 25.8. The Morgan fingerprint density at radius 3 is 0.727 bits per heavy atom. The summed E-state index contributed by atoms with van der Waals surface area (Å²) in [5.41, 5.74) is 0. The molecule has 12 N–H and O–H groups in total. The molecule has 12 nitrogen and oxygen atoms in total. The van der Waals surface area contributed by atoms with E-state index in [9.17, 15) is 20.4 Å². The molecular formula is C32H56N8O4. The van der Waals surface area contributed by atoms with E-state index >= 15 is 0 Å². The van der Waals surface area contributed by atoms with Crippen LogP contribution in [0.2, 0.25) is 0 Å². The fourth-order valence-corrected chi connectivity index (χ4v) is 12.1. The van der Waals surface area contributed by atoms with Crippen molar-refractivity contribution < 1.29 is 20.4 Å². The molecule has 0 radical (unpaired) electrons. The molecule has 0 aromatic heterocycles. The Kier molecular flexibility index (Phi) is 7.81. The third-order valence-electron chi connectivity index (χ3n) is 14.1. The predicted molar refractivity (Wildman–Crippen MR) is 163 cm³/mol. The average Bonchev–Trinajstić information content (AvgIpc) is 3.78. The second-order valence-electron chi connectivity index (χ2n) is 16.1. The molecular weight excluding hydrogens is 560 g/mol. The van der Waals surface area contributed by atoms with Crippen LogP contribution in [-0.4, -0.2) is 94.2 Å². The molecule has 248 valence electrons. The highest BCUT2D eigenvalue weighted by Crippen LogP contribution is 2.45. The first-order valence-corrected chi connectivity index (χ1v) is 18.3. The highest BCUT2D eigenvalue weighted by molar-refractivity contribution is 5.12. The minimum Gasteiger partial charge on any atom is -0.390 e. The van der Waals surface area contributed by atoms with Gasteiger partial charge in [0, 0.05) is 11.8 Å². The van der Waals surface area contributed by atoms with Crippen molar-refractivity contribution in [3.05, 3.63) is 0 Å². The van der Waals surface area contributed by atoms with Gasteiger partial charge in [-0.3, -0.25) is 42.5 Å². The van der Waals surface area contributed by atoms with Crippen LogP contribution in [0.4, 0.5) is 0 Å². The van der Waals surface area contributed by atoms with Gasteiger partial charge in [-0.1, -0.05) is 38.5 Å². The molecule has 44 heavy (non-hydrogen) atoms. The Labute approximate surface area is 261 Å². The lowest BCUT2D eigenvalue weighted by atomic mass is 9.72. The van der Waals surface area contributed by atoms with Crippen molar-refractivity contribution in [2.45, 2.75) is 151 Å². The Morgan fingerprint density at radius 1 is 0.273 bits per heavy atom. The van der Waals surface area contributed by atoms with Crippen LogP contribution in [0.15, 0.2) is 0 Å². The van der Waals surface area contributed by atoms with E-state index in [1.165, 1.54) is 64.2 Å². The van der Waals surface area contributed by atoms with E-state index in [0.29, 0.717) is 35.5 Å². The Bertz CT molecular complexity index is 982. The van der Waals surface area contributed by atoms with Crippen LogP contribution >= 0.6 is 0 Å². The van der Waals surface area contributed by atoms with E-state index in [4.69, 9.17) is 0 Å². The minimum absolute atomic E-state index is 0.0464. The molecule has 5 aliphatic heterocycles. The van der Waals surface area contributed by atoms with Crippen molar-refractivity contribution in [2.24, 2.45) is 47.3 Å². The maximum atomic E-state index is 11.4. The normalized spacial score (nSPS) is 60.3. The van der Waals surface area contributed by atoms with Crippen molar-refractivity contribution in [2.75, 3.05) is 0 Å². The molecule has 12 heteroatoms. The maximum Gasteiger partial charge on any atom is 0.109 e. The largest absolute Gasteiger partial charge is 0.390 e. The van der Waals surface area contributed by atoms with Crippen LogP contribution in [0.25, 0.3) is 0 Å². The van der Waals surface area contributed by atoms with Crippen molar-refractivity contribution in [1.29, 1.82) is 0 Å². The van der Waals surface area contributed by atoms with Gasteiger partial charge >= 0.3 is 0 Å². The Hall–Kier alpha value is -0.480. The highest BCUT2D eigenvalue weighted by atomic mass is 16.4. The second kappa shape index (κ2) is 11.6. The van der Waals surface area contributed by atoms with Gasteiger partial charge in [-0.2, -0.15) is 0 Å². The number of hydrogen-bond donors (Lipinski definition) is 12. The second-order valence-corrected chi connectivity index (χ2v) is 16.1. The first-order valence-electron chi connectivity index (χ1n) is 18.3. The van der Waals surface area contributed by atoms with Crippen LogP contribution < -0.4 is 42.5 Å². The van der Waals surface area contributed by atoms with E-state index in [2.05, 4.69) is 42.5 Å². The smallest absolute Gasteiger partial charge is 0.109 e. The summed E-state index contributed by atoms with van der Waals surface area (Å²) in [5.74, 6) is 2.30. The van der Waals surface area contributed by atoms with E-state index in [1.54, 1.807) is 0 Å². The lowest BCUT2D eigenvalue weighted by molar-refractivity contribution is -0.183. The zero-order chi connectivity index (χ0) is 29.7. The maximum absolute atomic E-state index is 11.4. The van der Waals surface area contributed by atoms with Gasteiger partial charge in [-0.15, -0.1) is 0 Å². The lowest BCUT2D eigenvalue weighted by Gasteiger charge is -2.44. The molecule has 20 atom stereocenters. The van der Waals surface area contributed by atoms with Crippen molar-refractivity contribution in [3.63, 3.8) is 0 Å². The third kappa shape index (κ3) is 4.69. The summed E-state index contributed by atoms with van der Waals surface area (Å²) in [6, 6.07) is 0. The van der Waals surface area contributed by atoms with E-state index < -0.39 is 36.3 Å². The fourth-order valence-electron chi connectivity index (χ4n) is 12.1. The van der Waals surface area contributed by atoms with Crippen LogP contribution in [0, 0.1) is 47.3 Å². The number of rotatable bonds is 0. The third-order valence-corrected chi connectivity index (χ3v) is 14.1. The van der Waals surface area contributed by atoms with Crippen molar-refractivity contribution >= 4 is 0 Å². The summed E-state index contributed by atoms with van der Waals surface area (Å²) in [6.45, 7) is 0. The quantitative estimate of drug-likeness (QED) is 0.152. The van der Waals surface area contributed by atoms with Gasteiger partial charge in [0.05, 0.1) is 61.5 Å². The van der Waals surface area contributed by atoms with Gasteiger partial charge in [-0.25, -0.2) is 0 Å². The first kappa shape index (κ1) is 29.6. The topological polar surface area (TPSA) is 177 Å².